The van der Waals surface area contributed by atoms with Crippen molar-refractivity contribution in [3.05, 3.63) is 11.6 Å². The average molecular weight is 336 g/mol. The van der Waals surface area contributed by atoms with Gasteiger partial charge in [0.1, 0.15) is 12.4 Å². The van der Waals surface area contributed by atoms with Crippen molar-refractivity contribution in [2.45, 2.75) is 65.5 Å². The number of hydrogen-bond donors (Lipinski definition) is 2. The fraction of sp³-hybridized carbons (Fsp3) is 0.824. The molecule has 7 heteroatoms. The predicted octanol–water partition coefficient (Wildman–Crippen LogP) is 1.88. The Morgan fingerprint density at radius 2 is 2.08 bits per heavy atom. The molecule has 1 aromatic rings. The smallest absolute Gasteiger partial charge is 0.191 e. The van der Waals surface area contributed by atoms with Crippen LogP contribution in [0.3, 0.4) is 0 Å². The summed E-state index contributed by atoms with van der Waals surface area (Å²) in [5.41, 5.74) is 0. The minimum Gasteiger partial charge on any atom is -0.382 e. The Bertz CT molecular complexity index is 499. The second kappa shape index (κ2) is 11.0. The third-order valence-corrected chi connectivity index (χ3v) is 4.12. The maximum absolute atomic E-state index is 5.36. The lowest BCUT2D eigenvalue weighted by Gasteiger charge is -2.11. The molecule has 0 atom stereocenters. The quantitative estimate of drug-likeness (QED) is 0.409. The molecule has 1 aliphatic rings. The van der Waals surface area contributed by atoms with Crippen LogP contribution in [-0.2, 0) is 24.2 Å². The summed E-state index contributed by atoms with van der Waals surface area (Å²) in [6.07, 6.45) is 6.88. The van der Waals surface area contributed by atoms with Crippen molar-refractivity contribution in [2.24, 2.45) is 4.99 Å². The molecule has 0 aliphatic carbocycles. The van der Waals surface area contributed by atoms with E-state index in [9.17, 15) is 0 Å². The first-order valence-corrected chi connectivity index (χ1v) is 9.36. The second-order valence-electron chi connectivity index (χ2n) is 6.02. The summed E-state index contributed by atoms with van der Waals surface area (Å²) in [5.74, 6) is 2.94. The highest BCUT2D eigenvalue weighted by atomic mass is 16.5. The summed E-state index contributed by atoms with van der Waals surface area (Å²) < 4.78 is 7.61. The Hall–Kier alpha value is -1.63. The topological polar surface area (TPSA) is 76.4 Å². The van der Waals surface area contributed by atoms with Gasteiger partial charge in [0.15, 0.2) is 11.8 Å². The Labute approximate surface area is 145 Å². The molecular formula is C17H32N6O. The van der Waals surface area contributed by atoms with Crippen molar-refractivity contribution in [1.29, 1.82) is 0 Å². The number of rotatable bonds is 9. The highest BCUT2D eigenvalue weighted by Gasteiger charge is 2.14. The molecule has 7 nitrogen and oxygen atoms in total. The number of aliphatic imine (C=N–C) groups is 1. The second-order valence-corrected chi connectivity index (χ2v) is 6.02. The highest BCUT2D eigenvalue weighted by Crippen LogP contribution is 2.14. The number of hydrogen-bond acceptors (Lipinski definition) is 4. The minimum absolute atomic E-state index is 0.571. The SMILES string of the molecule is CCNC(=NCc1nnc2n1CCCCC2)NCCCCOCC. The number of fused-ring (bicyclic) bond motifs is 1. The number of aromatic nitrogens is 3. The van der Waals surface area contributed by atoms with Crippen LogP contribution >= 0.6 is 0 Å². The Balaban J connectivity index is 1.83. The van der Waals surface area contributed by atoms with E-state index in [1.165, 1.54) is 19.3 Å². The lowest BCUT2D eigenvalue weighted by atomic mass is 10.2. The number of unbranched alkanes of at least 4 members (excludes halogenated alkanes) is 1. The first-order valence-electron chi connectivity index (χ1n) is 9.36. The lowest BCUT2D eigenvalue weighted by Crippen LogP contribution is -2.37. The maximum atomic E-state index is 5.36. The van der Waals surface area contributed by atoms with E-state index < -0.39 is 0 Å². The van der Waals surface area contributed by atoms with Crippen LogP contribution in [0.15, 0.2) is 4.99 Å². The van der Waals surface area contributed by atoms with Gasteiger partial charge in [0, 0.05) is 39.3 Å². The van der Waals surface area contributed by atoms with Gasteiger partial charge in [0.25, 0.3) is 0 Å². The standard InChI is InChI=1S/C17H32N6O/c1-3-18-17(19-11-7-9-13-24-4-2)20-14-16-22-21-15-10-6-5-8-12-23(15)16/h3-14H2,1-2H3,(H2,18,19,20). The molecule has 0 amide bonds. The van der Waals surface area contributed by atoms with Crippen molar-refractivity contribution in [3.8, 4) is 0 Å². The fourth-order valence-corrected chi connectivity index (χ4v) is 2.83. The van der Waals surface area contributed by atoms with Gasteiger partial charge in [-0.2, -0.15) is 0 Å². The van der Waals surface area contributed by atoms with Crippen LogP contribution < -0.4 is 10.6 Å². The average Bonchev–Trinajstić information content (AvgIpc) is 2.82. The zero-order valence-electron chi connectivity index (χ0n) is 15.2. The molecule has 1 aromatic heterocycles. The molecule has 2 N–H and O–H groups in total. The van der Waals surface area contributed by atoms with Crippen molar-refractivity contribution >= 4 is 5.96 Å². The summed E-state index contributed by atoms with van der Waals surface area (Å²) in [7, 11) is 0. The van der Waals surface area contributed by atoms with Crippen LogP contribution in [0.4, 0.5) is 0 Å². The first kappa shape index (κ1) is 18.7. The summed E-state index contributed by atoms with van der Waals surface area (Å²) in [4.78, 5) is 4.67. The third kappa shape index (κ3) is 6.11. The van der Waals surface area contributed by atoms with Crippen molar-refractivity contribution in [3.63, 3.8) is 0 Å². The van der Waals surface area contributed by atoms with E-state index in [2.05, 4.69) is 37.3 Å². The van der Waals surface area contributed by atoms with Crippen molar-refractivity contribution < 1.29 is 4.74 Å². The minimum atomic E-state index is 0.571. The van der Waals surface area contributed by atoms with Gasteiger partial charge in [-0.25, -0.2) is 4.99 Å². The van der Waals surface area contributed by atoms with Crippen LogP contribution in [0, 0.1) is 0 Å². The normalized spacial score (nSPS) is 15.0. The van der Waals surface area contributed by atoms with Crippen LogP contribution in [0.2, 0.25) is 0 Å². The fourth-order valence-electron chi connectivity index (χ4n) is 2.83. The number of aryl methyl sites for hydroxylation is 1. The van der Waals surface area contributed by atoms with Crippen molar-refractivity contribution in [1.82, 2.24) is 25.4 Å². The summed E-state index contributed by atoms with van der Waals surface area (Å²) in [6, 6.07) is 0. The molecule has 0 saturated carbocycles. The Kier molecular flexibility index (Phi) is 8.59. The van der Waals surface area contributed by atoms with Crippen LogP contribution in [0.25, 0.3) is 0 Å². The van der Waals surface area contributed by atoms with Gasteiger partial charge in [-0.1, -0.05) is 6.42 Å². The zero-order chi connectivity index (χ0) is 17.0. The van der Waals surface area contributed by atoms with Gasteiger partial charge in [-0.3, -0.25) is 0 Å². The van der Waals surface area contributed by atoms with Gasteiger partial charge >= 0.3 is 0 Å². The van der Waals surface area contributed by atoms with Crippen LogP contribution in [-0.4, -0.2) is 47.0 Å². The molecule has 2 heterocycles. The van der Waals surface area contributed by atoms with Crippen LogP contribution in [0.5, 0.6) is 0 Å². The molecule has 136 valence electrons. The molecule has 24 heavy (non-hydrogen) atoms. The lowest BCUT2D eigenvalue weighted by molar-refractivity contribution is 0.143. The number of ether oxygens (including phenoxy) is 1. The summed E-state index contributed by atoms with van der Waals surface area (Å²) >= 11 is 0. The monoisotopic (exact) mass is 336 g/mol. The maximum Gasteiger partial charge on any atom is 0.191 e. The molecule has 1 aliphatic heterocycles. The van der Waals surface area contributed by atoms with E-state index in [0.717, 1.165) is 69.7 Å². The molecule has 0 radical (unpaired) electrons. The van der Waals surface area contributed by atoms with E-state index in [1.807, 2.05) is 6.92 Å². The molecule has 0 saturated heterocycles. The van der Waals surface area contributed by atoms with E-state index in [4.69, 9.17) is 4.74 Å². The first-order chi connectivity index (χ1) is 11.8. The largest absolute Gasteiger partial charge is 0.382 e. The van der Waals surface area contributed by atoms with Crippen LogP contribution in [0.1, 0.15) is 57.6 Å². The number of nitrogens with one attached hydrogen (secondary N) is 2. The molecule has 0 unspecified atom stereocenters. The van der Waals surface area contributed by atoms with E-state index in [-0.39, 0.29) is 0 Å². The van der Waals surface area contributed by atoms with Gasteiger partial charge in [-0.15, -0.1) is 10.2 Å². The number of guanidine groups is 1. The van der Waals surface area contributed by atoms with Gasteiger partial charge in [-0.05, 0) is 39.5 Å². The third-order valence-electron chi connectivity index (χ3n) is 4.12. The molecular weight excluding hydrogens is 304 g/mol. The molecule has 0 fully saturated rings. The zero-order valence-corrected chi connectivity index (χ0v) is 15.2. The molecule has 2 rings (SSSR count). The molecule has 0 bridgehead atoms. The Morgan fingerprint density at radius 3 is 2.92 bits per heavy atom. The predicted molar refractivity (Wildman–Crippen MR) is 96.1 cm³/mol. The highest BCUT2D eigenvalue weighted by molar-refractivity contribution is 5.79. The van der Waals surface area contributed by atoms with E-state index in [0.29, 0.717) is 6.54 Å². The Morgan fingerprint density at radius 1 is 1.17 bits per heavy atom. The number of nitrogens with zero attached hydrogens (tertiary/aromatic N) is 4. The summed E-state index contributed by atoms with van der Waals surface area (Å²) in [5, 5.41) is 15.3. The van der Waals surface area contributed by atoms with E-state index in [1.54, 1.807) is 0 Å². The molecule has 0 aromatic carbocycles. The van der Waals surface area contributed by atoms with Gasteiger partial charge in [0.2, 0.25) is 0 Å². The van der Waals surface area contributed by atoms with Gasteiger partial charge in [0.05, 0.1) is 0 Å². The molecule has 0 spiro atoms. The summed E-state index contributed by atoms with van der Waals surface area (Å²) in [6.45, 7) is 9.07. The van der Waals surface area contributed by atoms with Gasteiger partial charge < -0.3 is 19.9 Å². The van der Waals surface area contributed by atoms with Crippen molar-refractivity contribution in [2.75, 3.05) is 26.3 Å². The van der Waals surface area contributed by atoms with E-state index >= 15 is 0 Å².